The van der Waals surface area contributed by atoms with E-state index in [-0.39, 0.29) is 5.97 Å². The van der Waals surface area contributed by atoms with Gasteiger partial charge in [0.2, 0.25) is 5.90 Å². The Labute approximate surface area is 134 Å². The van der Waals surface area contributed by atoms with Crippen LogP contribution in [0.2, 0.25) is 0 Å². The maximum absolute atomic E-state index is 12.1. The standard InChI is InChI=1S/C20H15NO2/c22-20-18(21-19(23-20)16-7-2-1-3-8-16)13-14-10-11-15-6-4-5-9-17(15)12-14/h1-12,18H,13H2/t18-/m0/s1. The van der Waals surface area contributed by atoms with Gasteiger partial charge in [-0.3, -0.25) is 0 Å². The minimum absolute atomic E-state index is 0.281. The second-order valence-corrected chi connectivity index (χ2v) is 5.62. The lowest BCUT2D eigenvalue weighted by Gasteiger charge is -2.05. The van der Waals surface area contributed by atoms with Gasteiger partial charge in [-0.2, -0.15) is 0 Å². The number of hydrogen-bond acceptors (Lipinski definition) is 3. The molecule has 4 rings (SSSR count). The first kappa shape index (κ1) is 13.7. The normalized spacial score (nSPS) is 17.1. The van der Waals surface area contributed by atoms with Gasteiger partial charge >= 0.3 is 5.97 Å². The van der Waals surface area contributed by atoms with E-state index in [0.717, 1.165) is 11.1 Å². The molecule has 0 amide bonds. The largest absolute Gasteiger partial charge is 0.406 e. The number of hydrogen-bond donors (Lipinski definition) is 0. The van der Waals surface area contributed by atoms with Gasteiger partial charge in [-0.1, -0.05) is 60.7 Å². The Morgan fingerprint density at radius 1 is 0.870 bits per heavy atom. The summed E-state index contributed by atoms with van der Waals surface area (Å²) in [7, 11) is 0. The van der Waals surface area contributed by atoms with Crippen LogP contribution < -0.4 is 0 Å². The van der Waals surface area contributed by atoms with Crippen LogP contribution >= 0.6 is 0 Å². The highest BCUT2D eigenvalue weighted by atomic mass is 16.6. The van der Waals surface area contributed by atoms with Gasteiger partial charge in [0.25, 0.3) is 0 Å². The van der Waals surface area contributed by atoms with E-state index in [4.69, 9.17) is 4.74 Å². The first-order valence-corrected chi connectivity index (χ1v) is 7.62. The molecule has 3 aromatic carbocycles. The van der Waals surface area contributed by atoms with Crippen LogP contribution in [0, 0.1) is 0 Å². The third-order valence-corrected chi connectivity index (χ3v) is 4.01. The summed E-state index contributed by atoms with van der Waals surface area (Å²) in [6, 6.07) is 23.5. The zero-order valence-electron chi connectivity index (χ0n) is 12.5. The fourth-order valence-corrected chi connectivity index (χ4v) is 2.82. The number of nitrogens with zero attached hydrogens (tertiary/aromatic N) is 1. The number of carbonyl (C=O) groups excluding carboxylic acids is 1. The van der Waals surface area contributed by atoms with Crippen molar-refractivity contribution in [1.29, 1.82) is 0 Å². The molecule has 0 saturated heterocycles. The quantitative estimate of drug-likeness (QED) is 0.691. The summed E-state index contributed by atoms with van der Waals surface area (Å²) in [5.74, 6) is 0.137. The molecular weight excluding hydrogens is 286 g/mol. The van der Waals surface area contributed by atoms with Crippen LogP contribution in [0.3, 0.4) is 0 Å². The van der Waals surface area contributed by atoms with E-state index in [1.54, 1.807) is 0 Å². The van der Waals surface area contributed by atoms with Crippen molar-refractivity contribution in [1.82, 2.24) is 0 Å². The monoisotopic (exact) mass is 301 g/mol. The highest BCUT2D eigenvalue weighted by molar-refractivity contribution is 6.06. The van der Waals surface area contributed by atoms with Gasteiger partial charge in [-0.05, 0) is 28.5 Å². The van der Waals surface area contributed by atoms with Gasteiger partial charge in [0, 0.05) is 12.0 Å². The van der Waals surface area contributed by atoms with Crippen molar-refractivity contribution in [3.8, 4) is 0 Å². The molecule has 3 heteroatoms. The van der Waals surface area contributed by atoms with E-state index in [1.807, 2.05) is 48.5 Å². The van der Waals surface area contributed by atoms with Crippen molar-refractivity contribution in [2.75, 3.05) is 0 Å². The molecule has 0 saturated carbocycles. The molecule has 23 heavy (non-hydrogen) atoms. The van der Waals surface area contributed by atoms with E-state index >= 15 is 0 Å². The molecule has 112 valence electrons. The average molecular weight is 301 g/mol. The SMILES string of the molecule is O=C1OC(c2ccccc2)=N[C@H]1Cc1ccc2ccccc2c1. The van der Waals surface area contributed by atoms with Crippen molar-refractivity contribution in [2.24, 2.45) is 4.99 Å². The van der Waals surface area contributed by atoms with Gasteiger partial charge in [-0.25, -0.2) is 9.79 Å². The summed E-state index contributed by atoms with van der Waals surface area (Å²) in [6.07, 6.45) is 0.556. The van der Waals surface area contributed by atoms with Crippen molar-refractivity contribution in [3.63, 3.8) is 0 Å². The third-order valence-electron chi connectivity index (χ3n) is 4.01. The molecule has 3 aromatic rings. The van der Waals surface area contributed by atoms with Crippen LogP contribution in [0.1, 0.15) is 11.1 Å². The summed E-state index contributed by atoms with van der Waals surface area (Å²) in [4.78, 5) is 16.5. The molecule has 1 atom stereocenters. The van der Waals surface area contributed by atoms with Crippen LogP contribution in [0.4, 0.5) is 0 Å². The molecular formula is C20H15NO2. The van der Waals surface area contributed by atoms with Crippen LogP contribution in [-0.4, -0.2) is 17.9 Å². The predicted molar refractivity (Wildman–Crippen MR) is 90.5 cm³/mol. The Bertz CT molecular complexity index is 900. The lowest BCUT2D eigenvalue weighted by atomic mass is 10.0. The topological polar surface area (TPSA) is 38.7 Å². The number of carbonyl (C=O) groups is 1. The fraction of sp³-hybridized carbons (Fsp3) is 0.100. The smallest absolute Gasteiger partial charge is 0.338 e. The van der Waals surface area contributed by atoms with Crippen molar-refractivity contribution < 1.29 is 9.53 Å². The number of esters is 1. The molecule has 0 aliphatic carbocycles. The van der Waals surface area contributed by atoms with Crippen LogP contribution in [-0.2, 0) is 16.0 Å². The molecule has 0 unspecified atom stereocenters. The first-order chi connectivity index (χ1) is 11.3. The first-order valence-electron chi connectivity index (χ1n) is 7.62. The Kier molecular flexibility index (Phi) is 3.39. The van der Waals surface area contributed by atoms with Crippen molar-refractivity contribution in [3.05, 3.63) is 83.9 Å². The maximum atomic E-state index is 12.1. The van der Waals surface area contributed by atoms with Gasteiger partial charge < -0.3 is 4.74 Å². The van der Waals surface area contributed by atoms with Crippen molar-refractivity contribution >= 4 is 22.6 Å². The fourth-order valence-electron chi connectivity index (χ4n) is 2.82. The van der Waals surface area contributed by atoms with Crippen LogP contribution in [0.5, 0.6) is 0 Å². The molecule has 0 aromatic heterocycles. The molecule has 0 radical (unpaired) electrons. The number of rotatable bonds is 3. The summed E-state index contributed by atoms with van der Waals surface area (Å²) >= 11 is 0. The van der Waals surface area contributed by atoms with Crippen LogP contribution in [0.25, 0.3) is 10.8 Å². The summed E-state index contributed by atoms with van der Waals surface area (Å²) < 4.78 is 5.33. The maximum Gasteiger partial charge on any atom is 0.338 e. The Balaban J connectivity index is 1.60. The highest BCUT2D eigenvalue weighted by Crippen LogP contribution is 2.20. The van der Waals surface area contributed by atoms with E-state index in [1.165, 1.54) is 10.8 Å². The number of ether oxygens (including phenoxy) is 1. The molecule has 0 N–H and O–H groups in total. The third kappa shape index (κ3) is 2.73. The summed E-state index contributed by atoms with van der Waals surface area (Å²) in [6.45, 7) is 0. The molecule has 3 nitrogen and oxygen atoms in total. The Morgan fingerprint density at radius 2 is 1.61 bits per heavy atom. The van der Waals surface area contributed by atoms with E-state index < -0.39 is 6.04 Å². The number of aliphatic imine (C=N–C) groups is 1. The Hall–Kier alpha value is -2.94. The van der Waals surface area contributed by atoms with Gasteiger partial charge in [0.1, 0.15) is 0 Å². The molecule has 1 heterocycles. The number of fused-ring (bicyclic) bond motifs is 1. The summed E-state index contributed by atoms with van der Waals surface area (Å²) in [5, 5.41) is 2.36. The van der Waals surface area contributed by atoms with Gasteiger partial charge in [0.05, 0.1) is 0 Å². The molecule has 0 fully saturated rings. The lowest BCUT2D eigenvalue weighted by molar-refractivity contribution is -0.134. The van der Waals surface area contributed by atoms with E-state index in [2.05, 4.69) is 29.3 Å². The lowest BCUT2D eigenvalue weighted by Crippen LogP contribution is -2.17. The predicted octanol–water partition coefficient (Wildman–Crippen LogP) is 3.75. The average Bonchev–Trinajstić information content (AvgIpc) is 2.96. The minimum Gasteiger partial charge on any atom is -0.406 e. The number of benzene rings is 3. The van der Waals surface area contributed by atoms with E-state index in [0.29, 0.717) is 12.3 Å². The van der Waals surface area contributed by atoms with E-state index in [9.17, 15) is 4.79 Å². The zero-order valence-corrected chi connectivity index (χ0v) is 12.5. The zero-order chi connectivity index (χ0) is 15.6. The Morgan fingerprint density at radius 3 is 2.43 bits per heavy atom. The summed E-state index contributed by atoms with van der Waals surface area (Å²) in [5.41, 5.74) is 1.92. The van der Waals surface area contributed by atoms with Gasteiger partial charge in [-0.15, -0.1) is 0 Å². The van der Waals surface area contributed by atoms with Crippen molar-refractivity contribution in [2.45, 2.75) is 12.5 Å². The second-order valence-electron chi connectivity index (χ2n) is 5.62. The van der Waals surface area contributed by atoms with Crippen LogP contribution in [0.15, 0.2) is 77.8 Å². The second kappa shape index (κ2) is 5.69. The molecule has 1 aliphatic heterocycles. The molecule has 1 aliphatic rings. The highest BCUT2D eigenvalue weighted by Gasteiger charge is 2.29. The molecule has 0 spiro atoms. The number of cyclic esters (lactones) is 1. The van der Waals surface area contributed by atoms with Gasteiger partial charge in [0.15, 0.2) is 6.04 Å². The molecule has 0 bridgehead atoms. The minimum atomic E-state index is -0.466.